The number of pyridine rings is 1. The van der Waals surface area contributed by atoms with Crippen molar-refractivity contribution in [3.63, 3.8) is 0 Å². The molecule has 2 aliphatic rings. The molecule has 2 heterocycles. The number of aromatic nitrogens is 1. The monoisotopic (exact) mass is 392 g/mol. The molecule has 3 rings (SSSR count). The van der Waals surface area contributed by atoms with E-state index >= 15 is 0 Å². The Hall–Kier alpha value is -1.62. The van der Waals surface area contributed by atoms with Gasteiger partial charge in [-0.3, -0.25) is 4.79 Å². The van der Waals surface area contributed by atoms with Crippen molar-refractivity contribution in [1.82, 2.24) is 9.88 Å². The number of imide groups is 1. The van der Waals surface area contributed by atoms with Gasteiger partial charge in [0.15, 0.2) is 0 Å². The van der Waals surface area contributed by atoms with Crippen molar-refractivity contribution in [2.75, 3.05) is 0 Å². The highest BCUT2D eigenvalue weighted by molar-refractivity contribution is 6.29. The van der Waals surface area contributed by atoms with Crippen LogP contribution in [0.4, 0.5) is 4.79 Å². The van der Waals surface area contributed by atoms with Crippen molar-refractivity contribution < 1.29 is 14.3 Å². The van der Waals surface area contributed by atoms with Crippen LogP contribution in [0.1, 0.15) is 81.8 Å². The van der Waals surface area contributed by atoms with E-state index in [9.17, 15) is 9.59 Å². The van der Waals surface area contributed by atoms with Crippen LogP contribution >= 0.6 is 11.6 Å². The van der Waals surface area contributed by atoms with Gasteiger partial charge in [0.2, 0.25) is 0 Å². The van der Waals surface area contributed by atoms with Gasteiger partial charge in [0.25, 0.3) is 5.91 Å². The Morgan fingerprint density at radius 2 is 1.93 bits per heavy atom. The lowest BCUT2D eigenvalue weighted by Gasteiger charge is -2.36. The third-order valence-electron chi connectivity index (χ3n) is 5.41. The molecule has 2 amide bonds. The summed E-state index contributed by atoms with van der Waals surface area (Å²) in [4.78, 5) is 31.5. The van der Waals surface area contributed by atoms with Crippen LogP contribution in [0.5, 0.6) is 0 Å². The van der Waals surface area contributed by atoms with Gasteiger partial charge in [-0.05, 0) is 51.7 Å². The summed E-state index contributed by atoms with van der Waals surface area (Å²) in [6.45, 7) is 5.43. The lowest BCUT2D eigenvalue weighted by atomic mass is 9.84. The smallest absolute Gasteiger partial charge is 0.417 e. The van der Waals surface area contributed by atoms with Gasteiger partial charge in [-0.1, -0.05) is 43.7 Å². The first-order valence-corrected chi connectivity index (χ1v) is 10.3. The molecule has 6 heteroatoms. The van der Waals surface area contributed by atoms with Crippen LogP contribution in [0.3, 0.4) is 0 Å². The zero-order chi connectivity index (χ0) is 19.6. The summed E-state index contributed by atoms with van der Waals surface area (Å²) in [5.74, 6) is 0.353. The Bertz CT molecular complexity index is 708. The normalized spacial score (nSPS) is 21.1. The average molecular weight is 393 g/mol. The number of rotatable bonds is 3. The van der Waals surface area contributed by atoms with Gasteiger partial charge in [0, 0.05) is 12.5 Å². The molecule has 1 fully saturated rings. The van der Waals surface area contributed by atoms with Crippen LogP contribution in [0, 0.1) is 5.92 Å². The Morgan fingerprint density at radius 3 is 2.59 bits per heavy atom. The van der Waals surface area contributed by atoms with E-state index in [0.29, 0.717) is 28.7 Å². The molecule has 1 unspecified atom stereocenters. The van der Waals surface area contributed by atoms with Crippen molar-refractivity contribution in [1.29, 1.82) is 0 Å². The highest BCUT2D eigenvalue weighted by Crippen LogP contribution is 2.32. The molecule has 1 aromatic heterocycles. The summed E-state index contributed by atoms with van der Waals surface area (Å²) < 4.78 is 5.53. The van der Waals surface area contributed by atoms with E-state index in [1.807, 2.05) is 20.8 Å². The number of hydrogen-bond donors (Lipinski definition) is 0. The molecule has 0 N–H and O–H groups in total. The van der Waals surface area contributed by atoms with Gasteiger partial charge < -0.3 is 4.74 Å². The molecule has 5 nitrogen and oxygen atoms in total. The molecule has 1 aromatic rings. The molecule has 0 spiro atoms. The summed E-state index contributed by atoms with van der Waals surface area (Å²) in [6.07, 6.45) is 8.14. The summed E-state index contributed by atoms with van der Waals surface area (Å²) in [5, 5.41) is 0.373. The van der Waals surface area contributed by atoms with E-state index in [4.69, 9.17) is 16.3 Å². The van der Waals surface area contributed by atoms with Crippen LogP contribution in [0.25, 0.3) is 0 Å². The predicted octanol–water partition coefficient (Wildman–Crippen LogP) is 5.40. The molecule has 1 atom stereocenters. The SMILES string of the molecule is CC(C)(C)OC(=O)N1C(=O)c2ccc(Cl)nc2CC1CCC1CCCCC1. The topological polar surface area (TPSA) is 59.5 Å². The van der Waals surface area contributed by atoms with Crippen molar-refractivity contribution in [2.24, 2.45) is 5.92 Å². The number of hydrogen-bond acceptors (Lipinski definition) is 4. The highest BCUT2D eigenvalue weighted by atomic mass is 35.5. The van der Waals surface area contributed by atoms with Crippen LogP contribution < -0.4 is 0 Å². The Kier molecular flexibility index (Phi) is 6.09. The molecule has 0 radical (unpaired) electrons. The quantitative estimate of drug-likeness (QED) is 0.646. The Morgan fingerprint density at radius 1 is 1.22 bits per heavy atom. The third kappa shape index (κ3) is 5.01. The van der Waals surface area contributed by atoms with E-state index in [2.05, 4.69) is 4.98 Å². The van der Waals surface area contributed by atoms with Crippen molar-refractivity contribution in [2.45, 2.75) is 83.8 Å². The molecule has 0 bridgehead atoms. The van der Waals surface area contributed by atoms with Gasteiger partial charge in [-0.15, -0.1) is 0 Å². The molecule has 148 valence electrons. The summed E-state index contributed by atoms with van der Waals surface area (Å²) in [7, 11) is 0. The van der Waals surface area contributed by atoms with E-state index in [0.717, 1.165) is 12.8 Å². The molecule has 0 aromatic carbocycles. The minimum atomic E-state index is -0.649. The van der Waals surface area contributed by atoms with Gasteiger partial charge in [-0.25, -0.2) is 14.7 Å². The van der Waals surface area contributed by atoms with Crippen LogP contribution in [-0.4, -0.2) is 33.5 Å². The standard InChI is InChI=1S/C21H29ClN2O3/c1-21(2,3)27-20(26)24-15(10-9-14-7-5-4-6-8-14)13-17-16(19(24)25)11-12-18(22)23-17/h11-12,14-15H,4-10,13H2,1-3H3. The first-order valence-electron chi connectivity index (χ1n) is 9.96. The first kappa shape index (κ1) is 20.1. The fourth-order valence-corrected chi connectivity index (χ4v) is 4.28. The second kappa shape index (κ2) is 8.17. The third-order valence-corrected chi connectivity index (χ3v) is 5.62. The molecule has 1 saturated carbocycles. The average Bonchev–Trinajstić information content (AvgIpc) is 2.59. The van der Waals surface area contributed by atoms with Crippen LogP contribution in [0.15, 0.2) is 12.1 Å². The minimum Gasteiger partial charge on any atom is -0.443 e. The number of fused-ring (bicyclic) bond motifs is 1. The molecule has 1 aliphatic carbocycles. The van der Waals surface area contributed by atoms with Gasteiger partial charge in [0.1, 0.15) is 10.8 Å². The van der Waals surface area contributed by atoms with Crippen molar-refractivity contribution in [3.05, 3.63) is 28.5 Å². The van der Waals surface area contributed by atoms with E-state index < -0.39 is 11.7 Å². The van der Waals surface area contributed by atoms with E-state index in [1.54, 1.807) is 12.1 Å². The maximum Gasteiger partial charge on any atom is 0.417 e. The number of carbonyl (C=O) groups excluding carboxylic acids is 2. The number of nitrogens with zero attached hydrogens (tertiary/aromatic N) is 2. The Balaban J connectivity index is 1.81. The summed E-state index contributed by atoms with van der Waals surface area (Å²) in [5.41, 5.74) is 0.476. The number of ether oxygens (including phenoxy) is 1. The lowest BCUT2D eigenvalue weighted by molar-refractivity contribution is 0.0134. The molecule has 0 saturated heterocycles. The molecule has 27 heavy (non-hydrogen) atoms. The summed E-state index contributed by atoms with van der Waals surface area (Å²) in [6, 6.07) is 3.02. The first-order chi connectivity index (χ1) is 12.7. The zero-order valence-corrected chi connectivity index (χ0v) is 17.2. The highest BCUT2D eigenvalue weighted by Gasteiger charge is 2.39. The minimum absolute atomic E-state index is 0.229. The molecular formula is C21H29ClN2O3. The second-order valence-corrected chi connectivity index (χ2v) is 9.11. The fraction of sp³-hybridized carbons (Fsp3) is 0.667. The van der Waals surface area contributed by atoms with Crippen LogP contribution in [-0.2, 0) is 11.2 Å². The molecule has 1 aliphatic heterocycles. The number of carbonyl (C=O) groups is 2. The maximum absolute atomic E-state index is 13.1. The van der Waals surface area contributed by atoms with E-state index in [1.165, 1.54) is 37.0 Å². The van der Waals surface area contributed by atoms with Crippen molar-refractivity contribution >= 4 is 23.6 Å². The lowest BCUT2D eigenvalue weighted by Crippen LogP contribution is -2.51. The Labute approximate surface area is 166 Å². The molecular weight excluding hydrogens is 364 g/mol. The number of amides is 2. The van der Waals surface area contributed by atoms with Gasteiger partial charge in [0.05, 0.1) is 11.3 Å². The maximum atomic E-state index is 13.1. The largest absolute Gasteiger partial charge is 0.443 e. The van der Waals surface area contributed by atoms with Gasteiger partial charge >= 0.3 is 6.09 Å². The van der Waals surface area contributed by atoms with E-state index in [-0.39, 0.29) is 11.9 Å². The van der Waals surface area contributed by atoms with Crippen LogP contribution in [0.2, 0.25) is 5.15 Å². The zero-order valence-electron chi connectivity index (χ0n) is 16.5. The number of halogens is 1. The predicted molar refractivity (Wildman–Crippen MR) is 105 cm³/mol. The summed E-state index contributed by atoms with van der Waals surface area (Å²) >= 11 is 6.03. The van der Waals surface area contributed by atoms with Crippen molar-refractivity contribution in [3.8, 4) is 0 Å². The fourth-order valence-electron chi connectivity index (χ4n) is 4.11. The van der Waals surface area contributed by atoms with Gasteiger partial charge in [-0.2, -0.15) is 0 Å². The second-order valence-electron chi connectivity index (χ2n) is 8.72.